The molecule has 0 atom stereocenters. The Labute approximate surface area is 90.8 Å². The van der Waals surface area contributed by atoms with E-state index in [1.807, 2.05) is 37.3 Å². The van der Waals surface area contributed by atoms with Crippen LogP contribution in [0.2, 0.25) is 0 Å². The van der Waals surface area contributed by atoms with E-state index in [9.17, 15) is 4.79 Å². The monoisotopic (exact) mass is 198 g/mol. The summed E-state index contributed by atoms with van der Waals surface area (Å²) in [5.41, 5.74) is 1.88. The van der Waals surface area contributed by atoms with Crippen molar-refractivity contribution in [1.82, 2.24) is 0 Å². The predicted molar refractivity (Wildman–Crippen MR) is 62.7 cm³/mol. The second-order valence-electron chi connectivity index (χ2n) is 3.38. The fourth-order valence-electron chi connectivity index (χ4n) is 1.17. The summed E-state index contributed by atoms with van der Waals surface area (Å²) in [4.78, 5) is 11.6. The summed E-state index contributed by atoms with van der Waals surface area (Å²) < 4.78 is 0. The fourth-order valence-corrected chi connectivity index (χ4v) is 1.17. The molecule has 1 heteroatoms. The van der Waals surface area contributed by atoms with Gasteiger partial charge in [0.15, 0.2) is 5.78 Å². The Bertz CT molecular complexity index is 390. The van der Waals surface area contributed by atoms with Crippen molar-refractivity contribution >= 4 is 5.78 Å². The average Bonchev–Trinajstić information content (AvgIpc) is 2.25. The van der Waals surface area contributed by atoms with E-state index in [1.165, 1.54) is 0 Å². The highest BCUT2D eigenvalue weighted by molar-refractivity contribution is 6.04. The molecule has 0 amide bonds. The molecule has 1 nitrogen and oxygen atoms in total. The van der Waals surface area contributed by atoms with Gasteiger partial charge in [-0.15, -0.1) is 12.3 Å². The van der Waals surface area contributed by atoms with Crippen molar-refractivity contribution in [2.24, 2.45) is 0 Å². The molecule has 0 aliphatic heterocycles. The number of hydrogen-bond acceptors (Lipinski definition) is 1. The zero-order chi connectivity index (χ0) is 11.1. The third kappa shape index (κ3) is 3.83. The summed E-state index contributed by atoms with van der Waals surface area (Å²) in [6.45, 7) is 2.00. The van der Waals surface area contributed by atoms with Crippen LogP contribution in [-0.4, -0.2) is 5.78 Å². The first kappa shape index (κ1) is 11.3. The predicted octanol–water partition coefficient (Wildman–Crippen LogP) is 3.15. The molecule has 0 fully saturated rings. The van der Waals surface area contributed by atoms with Crippen LogP contribution in [0.25, 0.3) is 0 Å². The highest BCUT2D eigenvalue weighted by atomic mass is 16.1. The van der Waals surface area contributed by atoms with Crippen LogP contribution in [0, 0.1) is 19.3 Å². The van der Waals surface area contributed by atoms with Gasteiger partial charge in [0.2, 0.25) is 0 Å². The van der Waals surface area contributed by atoms with E-state index < -0.39 is 0 Å². The van der Waals surface area contributed by atoms with Crippen LogP contribution in [0.4, 0.5) is 0 Å². The summed E-state index contributed by atoms with van der Waals surface area (Å²) >= 11 is 0. The zero-order valence-electron chi connectivity index (χ0n) is 8.86. The zero-order valence-corrected chi connectivity index (χ0v) is 8.86. The fraction of sp³-hybridized carbons (Fsp3) is 0.214. The Morgan fingerprint density at radius 1 is 1.40 bits per heavy atom. The Hall–Kier alpha value is -1.81. The summed E-state index contributed by atoms with van der Waals surface area (Å²) in [6.07, 6.45) is 9.95. The molecular formula is C14H14O. The molecule has 0 N–H and O–H groups in total. The number of carbonyl (C=O) groups is 1. The maximum Gasteiger partial charge on any atom is 0.185 e. The summed E-state index contributed by atoms with van der Waals surface area (Å²) in [5.74, 6) is 2.56. The lowest BCUT2D eigenvalue weighted by molar-refractivity contribution is 0.104. The lowest BCUT2D eigenvalue weighted by atomic mass is 10.1. The largest absolute Gasteiger partial charge is 0.289 e. The van der Waals surface area contributed by atoms with Crippen LogP contribution < -0.4 is 0 Å². The molecule has 15 heavy (non-hydrogen) atoms. The van der Waals surface area contributed by atoms with Crippen molar-refractivity contribution in [1.29, 1.82) is 0 Å². The number of ketones is 1. The molecule has 0 saturated carbocycles. The van der Waals surface area contributed by atoms with E-state index >= 15 is 0 Å². The Balaban J connectivity index is 2.58. The van der Waals surface area contributed by atoms with Gasteiger partial charge in [-0.1, -0.05) is 35.9 Å². The van der Waals surface area contributed by atoms with Gasteiger partial charge in [-0.25, -0.2) is 0 Å². The normalized spacial score (nSPS) is 10.1. The molecule has 0 radical (unpaired) electrons. The minimum absolute atomic E-state index is 0.0343. The maximum atomic E-state index is 11.6. The van der Waals surface area contributed by atoms with Crippen molar-refractivity contribution < 1.29 is 4.79 Å². The number of unbranched alkanes of at least 4 members (excludes halogenated alkanes) is 1. The second-order valence-corrected chi connectivity index (χ2v) is 3.38. The van der Waals surface area contributed by atoms with E-state index in [2.05, 4.69) is 5.92 Å². The van der Waals surface area contributed by atoms with Gasteiger partial charge in [0.1, 0.15) is 0 Å². The first-order valence-corrected chi connectivity index (χ1v) is 4.95. The number of terminal acetylenes is 1. The lowest BCUT2D eigenvalue weighted by Gasteiger charge is -1.96. The number of benzene rings is 1. The van der Waals surface area contributed by atoms with Crippen molar-refractivity contribution in [2.75, 3.05) is 0 Å². The van der Waals surface area contributed by atoms with E-state index in [-0.39, 0.29) is 5.78 Å². The molecule has 0 bridgehead atoms. The molecule has 0 saturated heterocycles. The van der Waals surface area contributed by atoms with Crippen LogP contribution in [0.1, 0.15) is 28.8 Å². The van der Waals surface area contributed by atoms with Crippen LogP contribution in [-0.2, 0) is 0 Å². The second kappa shape index (κ2) is 5.82. The van der Waals surface area contributed by atoms with Gasteiger partial charge in [-0.3, -0.25) is 4.79 Å². The highest BCUT2D eigenvalue weighted by Gasteiger charge is 1.99. The first-order chi connectivity index (χ1) is 7.24. The standard InChI is InChI=1S/C14H14O/c1-3-4-5-6-7-14(15)13-10-8-12(2)9-11-13/h1,6-11H,4-5H2,2H3/b7-6+. The number of carbonyl (C=O) groups excluding carboxylic acids is 1. The molecule has 0 aliphatic rings. The first-order valence-electron chi connectivity index (χ1n) is 4.95. The quantitative estimate of drug-likeness (QED) is 0.314. The molecule has 0 unspecified atom stereocenters. The average molecular weight is 198 g/mol. The minimum atomic E-state index is 0.0343. The molecule has 1 aromatic rings. The van der Waals surface area contributed by atoms with Crippen LogP contribution in [0.5, 0.6) is 0 Å². The van der Waals surface area contributed by atoms with Gasteiger partial charge in [-0.05, 0) is 19.4 Å². The summed E-state index contributed by atoms with van der Waals surface area (Å²) in [7, 11) is 0. The van der Waals surface area contributed by atoms with Crippen LogP contribution in [0.15, 0.2) is 36.4 Å². The van der Waals surface area contributed by atoms with Gasteiger partial charge in [-0.2, -0.15) is 0 Å². The van der Waals surface area contributed by atoms with Crippen molar-refractivity contribution in [3.63, 3.8) is 0 Å². The SMILES string of the molecule is C#CCC/C=C/C(=O)c1ccc(C)cc1. The topological polar surface area (TPSA) is 17.1 Å². The minimum Gasteiger partial charge on any atom is -0.289 e. The molecule has 0 aliphatic carbocycles. The van der Waals surface area contributed by atoms with Gasteiger partial charge < -0.3 is 0 Å². The van der Waals surface area contributed by atoms with Gasteiger partial charge in [0.25, 0.3) is 0 Å². The van der Waals surface area contributed by atoms with Crippen molar-refractivity contribution in [3.8, 4) is 12.3 Å². The van der Waals surface area contributed by atoms with Gasteiger partial charge in [0, 0.05) is 12.0 Å². The van der Waals surface area contributed by atoms with E-state index in [0.29, 0.717) is 6.42 Å². The van der Waals surface area contributed by atoms with E-state index in [4.69, 9.17) is 6.42 Å². The van der Waals surface area contributed by atoms with Crippen molar-refractivity contribution in [2.45, 2.75) is 19.8 Å². The number of allylic oxidation sites excluding steroid dienone is 2. The molecular weight excluding hydrogens is 184 g/mol. The van der Waals surface area contributed by atoms with Crippen LogP contribution in [0.3, 0.4) is 0 Å². The van der Waals surface area contributed by atoms with Gasteiger partial charge >= 0.3 is 0 Å². The molecule has 0 spiro atoms. The number of rotatable bonds is 4. The Kier molecular flexibility index (Phi) is 4.37. The Morgan fingerprint density at radius 2 is 2.07 bits per heavy atom. The molecule has 1 aromatic carbocycles. The smallest absolute Gasteiger partial charge is 0.185 e. The summed E-state index contributed by atoms with van der Waals surface area (Å²) in [6, 6.07) is 7.54. The summed E-state index contributed by atoms with van der Waals surface area (Å²) in [5, 5.41) is 0. The molecule has 0 aromatic heterocycles. The number of hydrogen-bond donors (Lipinski definition) is 0. The highest BCUT2D eigenvalue weighted by Crippen LogP contribution is 2.05. The molecule has 76 valence electrons. The van der Waals surface area contributed by atoms with E-state index in [0.717, 1.165) is 17.5 Å². The van der Waals surface area contributed by atoms with Crippen molar-refractivity contribution in [3.05, 3.63) is 47.5 Å². The van der Waals surface area contributed by atoms with E-state index in [1.54, 1.807) is 6.08 Å². The maximum absolute atomic E-state index is 11.6. The third-order valence-electron chi connectivity index (χ3n) is 2.06. The van der Waals surface area contributed by atoms with Gasteiger partial charge in [0.05, 0.1) is 0 Å². The third-order valence-corrected chi connectivity index (χ3v) is 2.06. The lowest BCUT2D eigenvalue weighted by Crippen LogP contribution is -1.93. The molecule has 0 heterocycles. The van der Waals surface area contributed by atoms with Crippen LogP contribution >= 0.6 is 0 Å². The molecule has 1 rings (SSSR count). The Morgan fingerprint density at radius 3 is 2.67 bits per heavy atom. The number of aryl methyl sites for hydroxylation is 1.